The predicted molar refractivity (Wildman–Crippen MR) is 138 cm³/mol. The SMILES string of the molecule is CC[C@H](C)NC(=O)[C@H](C)N(Cc1cccc(Cl)c1)C(=O)CN(c1ccc(Cl)c(Cl)c1)S(C)(=O)=O. The van der Waals surface area contributed by atoms with Crippen LogP contribution in [0.25, 0.3) is 0 Å². The molecule has 0 bridgehead atoms. The van der Waals surface area contributed by atoms with Crippen molar-refractivity contribution in [2.45, 2.75) is 45.8 Å². The van der Waals surface area contributed by atoms with Crippen molar-refractivity contribution >= 4 is 62.3 Å². The number of nitrogens with one attached hydrogen (secondary N) is 1. The molecule has 2 aromatic rings. The Bertz CT molecular complexity index is 1140. The van der Waals surface area contributed by atoms with Crippen molar-refractivity contribution in [1.29, 1.82) is 0 Å². The van der Waals surface area contributed by atoms with E-state index in [1.807, 2.05) is 13.8 Å². The van der Waals surface area contributed by atoms with Crippen molar-refractivity contribution in [2.75, 3.05) is 17.1 Å². The summed E-state index contributed by atoms with van der Waals surface area (Å²) in [5, 5.41) is 3.75. The summed E-state index contributed by atoms with van der Waals surface area (Å²) in [6.07, 6.45) is 1.71. The highest BCUT2D eigenvalue weighted by Gasteiger charge is 2.30. The molecule has 0 saturated carbocycles. The van der Waals surface area contributed by atoms with Gasteiger partial charge in [-0.25, -0.2) is 8.42 Å². The van der Waals surface area contributed by atoms with Gasteiger partial charge in [-0.2, -0.15) is 0 Å². The summed E-state index contributed by atoms with van der Waals surface area (Å²) in [5.74, 6) is -0.909. The lowest BCUT2D eigenvalue weighted by molar-refractivity contribution is -0.139. The van der Waals surface area contributed by atoms with Crippen LogP contribution in [0.5, 0.6) is 0 Å². The van der Waals surface area contributed by atoms with Crippen LogP contribution in [0.1, 0.15) is 32.8 Å². The van der Waals surface area contributed by atoms with Crippen molar-refractivity contribution in [1.82, 2.24) is 10.2 Å². The number of amides is 2. The molecule has 0 fully saturated rings. The summed E-state index contributed by atoms with van der Waals surface area (Å²) in [6.45, 7) is 4.94. The number of rotatable bonds is 10. The molecular formula is C23H28Cl3N3O4S. The Labute approximate surface area is 216 Å². The Kier molecular flexibility index (Phi) is 10.1. The zero-order valence-corrected chi connectivity index (χ0v) is 22.5. The van der Waals surface area contributed by atoms with E-state index < -0.39 is 28.5 Å². The van der Waals surface area contributed by atoms with Crippen molar-refractivity contribution in [3.05, 3.63) is 63.1 Å². The molecule has 0 radical (unpaired) electrons. The number of carbonyl (C=O) groups excluding carboxylic acids is 2. The van der Waals surface area contributed by atoms with Crippen LogP contribution in [0, 0.1) is 0 Å². The van der Waals surface area contributed by atoms with Gasteiger partial charge in [0, 0.05) is 17.6 Å². The Balaban J connectivity index is 2.41. The summed E-state index contributed by atoms with van der Waals surface area (Å²) >= 11 is 18.1. The molecule has 7 nitrogen and oxygen atoms in total. The molecule has 0 unspecified atom stereocenters. The number of benzene rings is 2. The highest BCUT2D eigenvalue weighted by Crippen LogP contribution is 2.28. The number of halogens is 3. The molecular weight excluding hydrogens is 521 g/mol. The predicted octanol–water partition coefficient (Wildman–Crippen LogP) is 4.74. The maximum atomic E-state index is 13.5. The number of sulfonamides is 1. The lowest BCUT2D eigenvalue weighted by Gasteiger charge is -2.32. The van der Waals surface area contributed by atoms with Gasteiger partial charge in [0.25, 0.3) is 0 Å². The van der Waals surface area contributed by atoms with Crippen LogP contribution in [0.3, 0.4) is 0 Å². The lowest BCUT2D eigenvalue weighted by Crippen LogP contribution is -2.52. The molecule has 186 valence electrons. The maximum Gasteiger partial charge on any atom is 0.244 e. The first kappa shape index (κ1) is 28.2. The Hall–Kier alpha value is -2.00. The molecule has 0 heterocycles. The van der Waals surface area contributed by atoms with Crippen LogP contribution in [0.15, 0.2) is 42.5 Å². The third-order valence-electron chi connectivity index (χ3n) is 5.28. The van der Waals surface area contributed by atoms with Crippen LogP contribution >= 0.6 is 34.8 Å². The third-order valence-corrected chi connectivity index (χ3v) is 7.40. The molecule has 34 heavy (non-hydrogen) atoms. The average Bonchev–Trinajstić information content (AvgIpc) is 2.76. The summed E-state index contributed by atoms with van der Waals surface area (Å²) in [6, 6.07) is 10.2. The second-order valence-electron chi connectivity index (χ2n) is 8.01. The molecule has 2 aromatic carbocycles. The minimum Gasteiger partial charge on any atom is -0.352 e. The van der Waals surface area contributed by atoms with Crippen molar-refractivity contribution < 1.29 is 18.0 Å². The van der Waals surface area contributed by atoms with Gasteiger partial charge in [-0.15, -0.1) is 0 Å². The number of hydrogen-bond acceptors (Lipinski definition) is 4. The smallest absolute Gasteiger partial charge is 0.244 e. The monoisotopic (exact) mass is 547 g/mol. The van der Waals surface area contributed by atoms with Crippen LogP contribution in [0.4, 0.5) is 5.69 Å². The Morgan fingerprint density at radius 3 is 2.26 bits per heavy atom. The van der Waals surface area contributed by atoms with Gasteiger partial charge in [-0.05, 0) is 56.2 Å². The van der Waals surface area contributed by atoms with Gasteiger partial charge in [0.05, 0.1) is 22.0 Å². The minimum absolute atomic E-state index is 0.0630. The second kappa shape index (κ2) is 12.1. The number of nitrogens with zero attached hydrogens (tertiary/aromatic N) is 2. The van der Waals surface area contributed by atoms with Gasteiger partial charge in [-0.1, -0.05) is 53.9 Å². The molecule has 2 amide bonds. The largest absolute Gasteiger partial charge is 0.352 e. The first-order valence-corrected chi connectivity index (χ1v) is 13.6. The van der Waals surface area contributed by atoms with Crippen LogP contribution < -0.4 is 9.62 Å². The number of hydrogen-bond donors (Lipinski definition) is 1. The molecule has 0 aliphatic heterocycles. The average molecular weight is 549 g/mol. The van der Waals surface area contributed by atoms with E-state index in [4.69, 9.17) is 34.8 Å². The maximum absolute atomic E-state index is 13.5. The van der Waals surface area contributed by atoms with Crippen LogP contribution in [0.2, 0.25) is 15.1 Å². The number of anilines is 1. The minimum atomic E-state index is -3.86. The fraction of sp³-hybridized carbons (Fsp3) is 0.391. The second-order valence-corrected chi connectivity index (χ2v) is 11.2. The summed E-state index contributed by atoms with van der Waals surface area (Å²) < 4.78 is 26.1. The standard InChI is InChI=1S/C23H28Cl3N3O4S/c1-5-15(2)27-23(31)16(3)28(13-17-7-6-8-18(24)11-17)22(30)14-29(34(4,32)33)19-9-10-20(25)21(26)12-19/h6-12,15-16H,5,13-14H2,1-4H3,(H,27,31)/t15-,16-/m0/s1. The molecule has 2 atom stereocenters. The summed E-state index contributed by atoms with van der Waals surface area (Å²) in [5.41, 5.74) is 0.883. The zero-order valence-electron chi connectivity index (χ0n) is 19.4. The third kappa shape index (κ3) is 7.77. The fourth-order valence-electron chi connectivity index (χ4n) is 3.13. The molecule has 11 heteroatoms. The Morgan fingerprint density at radius 2 is 1.71 bits per heavy atom. The number of carbonyl (C=O) groups is 2. The lowest BCUT2D eigenvalue weighted by atomic mass is 10.1. The van der Waals surface area contributed by atoms with E-state index in [2.05, 4.69) is 5.32 Å². The molecule has 1 N–H and O–H groups in total. The molecule has 2 rings (SSSR count). The van der Waals surface area contributed by atoms with Gasteiger partial charge in [0.2, 0.25) is 21.8 Å². The van der Waals surface area contributed by atoms with Crippen molar-refractivity contribution in [3.63, 3.8) is 0 Å². The van der Waals surface area contributed by atoms with E-state index in [0.29, 0.717) is 10.6 Å². The van der Waals surface area contributed by atoms with E-state index in [1.165, 1.54) is 23.1 Å². The molecule has 0 saturated heterocycles. The molecule has 0 aliphatic rings. The van der Waals surface area contributed by atoms with E-state index in [0.717, 1.165) is 17.0 Å². The van der Waals surface area contributed by atoms with E-state index >= 15 is 0 Å². The summed E-state index contributed by atoms with van der Waals surface area (Å²) in [4.78, 5) is 27.7. The van der Waals surface area contributed by atoms with Gasteiger partial charge >= 0.3 is 0 Å². The van der Waals surface area contributed by atoms with Crippen LogP contribution in [-0.4, -0.2) is 50.0 Å². The van der Waals surface area contributed by atoms with Gasteiger partial charge in [0.1, 0.15) is 12.6 Å². The zero-order chi connectivity index (χ0) is 25.6. The molecule has 0 spiro atoms. The topological polar surface area (TPSA) is 86.8 Å². The van der Waals surface area contributed by atoms with Gasteiger partial charge in [0.15, 0.2) is 0 Å². The van der Waals surface area contributed by atoms with Gasteiger partial charge in [-0.3, -0.25) is 13.9 Å². The quantitative estimate of drug-likeness (QED) is 0.464. The first-order valence-electron chi connectivity index (χ1n) is 10.6. The first-order chi connectivity index (χ1) is 15.8. The van der Waals surface area contributed by atoms with E-state index in [1.54, 1.807) is 31.2 Å². The van der Waals surface area contributed by atoms with E-state index in [-0.39, 0.29) is 34.2 Å². The molecule has 0 aromatic heterocycles. The molecule has 0 aliphatic carbocycles. The fourth-order valence-corrected chi connectivity index (χ4v) is 4.48. The van der Waals surface area contributed by atoms with Crippen molar-refractivity contribution in [2.24, 2.45) is 0 Å². The van der Waals surface area contributed by atoms with E-state index in [9.17, 15) is 18.0 Å². The highest BCUT2D eigenvalue weighted by molar-refractivity contribution is 7.92. The Morgan fingerprint density at radius 1 is 1.03 bits per heavy atom. The van der Waals surface area contributed by atoms with Crippen molar-refractivity contribution in [3.8, 4) is 0 Å². The normalized spacial score (nSPS) is 13.1. The highest BCUT2D eigenvalue weighted by atomic mass is 35.5. The van der Waals surface area contributed by atoms with Crippen LogP contribution in [-0.2, 0) is 26.2 Å². The summed E-state index contributed by atoms with van der Waals surface area (Å²) in [7, 11) is -3.86. The van der Waals surface area contributed by atoms with Gasteiger partial charge < -0.3 is 10.2 Å².